The first-order chi connectivity index (χ1) is 8.48. The van der Waals surface area contributed by atoms with Gasteiger partial charge in [0.1, 0.15) is 0 Å². The van der Waals surface area contributed by atoms with Crippen molar-refractivity contribution in [2.24, 2.45) is 5.92 Å². The lowest BCUT2D eigenvalue weighted by molar-refractivity contribution is -0.132. The summed E-state index contributed by atoms with van der Waals surface area (Å²) in [7, 11) is 0. The van der Waals surface area contributed by atoms with Crippen molar-refractivity contribution in [1.82, 2.24) is 5.32 Å². The van der Waals surface area contributed by atoms with Gasteiger partial charge in [0.25, 0.3) is 0 Å². The Kier molecular flexibility index (Phi) is 4.37. The van der Waals surface area contributed by atoms with Gasteiger partial charge in [0.05, 0.1) is 6.54 Å². The van der Waals surface area contributed by atoms with Crippen LogP contribution < -0.4 is 5.32 Å². The fourth-order valence-electron chi connectivity index (χ4n) is 2.16. The van der Waals surface area contributed by atoms with Gasteiger partial charge in [-0.1, -0.05) is 0 Å². The number of halogens is 3. The largest absolute Gasteiger partial charge is 0.351 e. The summed E-state index contributed by atoms with van der Waals surface area (Å²) < 4.78 is 27.4. The molecule has 6 heteroatoms. The van der Waals surface area contributed by atoms with Crippen LogP contribution in [-0.4, -0.2) is 11.8 Å². The molecule has 100 valence electrons. The Morgan fingerprint density at radius 1 is 1.61 bits per heavy atom. The molecule has 2 nitrogen and oxygen atoms in total. The van der Waals surface area contributed by atoms with E-state index in [9.17, 15) is 13.6 Å². The minimum atomic E-state index is -2.68. The Labute approximate surface area is 117 Å². The van der Waals surface area contributed by atoms with Crippen LogP contribution in [0.1, 0.15) is 30.6 Å². The molecule has 1 aromatic rings. The Balaban J connectivity index is 1.86. The quantitative estimate of drug-likeness (QED) is 0.888. The highest BCUT2D eigenvalue weighted by Gasteiger charge is 2.38. The molecule has 2 rings (SSSR count). The zero-order valence-electron chi connectivity index (χ0n) is 9.72. The van der Waals surface area contributed by atoms with Gasteiger partial charge in [-0.2, -0.15) is 0 Å². The van der Waals surface area contributed by atoms with Crippen LogP contribution in [0, 0.1) is 5.92 Å². The number of thiophene rings is 1. The third kappa shape index (κ3) is 3.51. The Morgan fingerprint density at radius 2 is 2.39 bits per heavy atom. The van der Waals surface area contributed by atoms with E-state index in [0.29, 0.717) is 19.4 Å². The Bertz CT molecular complexity index is 435. The molecular weight excluding hydrogens is 324 g/mol. The molecule has 0 aliphatic heterocycles. The van der Waals surface area contributed by atoms with Crippen LogP contribution in [0.15, 0.2) is 15.9 Å². The molecule has 1 amide bonds. The Morgan fingerprint density at radius 3 is 3.00 bits per heavy atom. The van der Waals surface area contributed by atoms with Gasteiger partial charge in [0, 0.05) is 28.1 Å². The minimum Gasteiger partial charge on any atom is -0.351 e. The molecule has 1 aliphatic rings. The van der Waals surface area contributed by atoms with Gasteiger partial charge in [0.15, 0.2) is 0 Å². The highest BCUT2D eigenvalue weighted by molar-refractivity contribution is 9.10. The fraction of sp³-hybridized carbons (Fsp3) is 0.583. The topological polar surface area (TPSA) is 29.1 Å². The average Bonchev–Trinajstić information content (AvgIpc) is 2.70. The van der Waals surface area contributed by atoms with E-state index in [4.69, 9.17) is 0 Å². The molecule has 1 N–H and O–H groups in total. The van der Waals surface area contributed by atoms with Gasteiger partial charge in [-0.05, 0) is 40.2 Å². The standard InChI is InChI=1S/C12H14BrF2NOS/c13-9-3-5-18-10(9)7-16-11(17)8-2-1-4-12(14,15)6-8/h3,5,8H,1-2,4,6-7H2,(H,16,17). The van der Waals surface area contributed by atoms with E-state index in [1.165, 1.54) is 11.3 Å². The smallest absolute Gasteiger partial charge is 0.248 e. The molecule has 0 radical (unpaired) electrons. The summed E-state index contributed by atoms with van der Waals surface area (Å²) in [6, 6.07) is 1.90. The van der Waals surface area contributed by atoms with Crippen molar-refractivity contribution >= 4 is 33.2 Å². The van der Waals surface area contributed by atoms with Crippen molar-refractivity contribution in [2.45, 2.75) is 38.2 Å². The van der Waals surface area contributed by atoms with Crippen molar-refractivity contribution in [2.75, 3.05) is 0 Å². The molecule has 18 heavy (non-hydrogen) atoms. The van der Waals surface area contributed by atoms with Gasteiger partial charge in [-0.15, -0.1) is 11.3 Å². The number of carbonyl (C=O) groups is 1. The van der Waals surface area contributed by atoms with Gasteiger partial charge in [-0.25, -0.2) is 8.78 Å². The van der Waals surface area contributed by atoms with Gasteiger partial charge >= 0.3 is 0 Å². The molecule has 1 fully saturated rings. The van der Waals surface area contributed by atoms with E-state index in [-0.39, 0.29) is 18.7 Å². The SMILES string of the molecule is O=C(NCc1sccc1Br)C1CCCC(F)(F)C1. The molecule has 1 aliphatic carbocycles. The third-order valence-corrected chi connectivity index (χ3v) is 5.05. The summed E-state index contributed by atoms with van der Waals surface area (Å²) in [6.45, 7) is 0.402. The summed E-state index contributed by atoms with van der Waals surface area (Å²) in [5.74, 6) is -3.48. The molecular formula is C12H14BrF2NOS. The summed E-state index contributed by atoms with van der Waals surface area (Å²) >= 11 is 4.90. The highest BCUT2D eigenvalue weighted by atomic mass is 79.9. The zero-order chi connectivity index (χ0) is 13.2. The zero-order valence-corrected chi connectivity index (χ0v) is 12.1. The molecule has 0 aromatic carbocycles. The summed E-state index contributed by atoms with van der Waals surface area (Å²) in [4.78, 5) is 12.8. The third-order valence-electron chi connectivity index (χ3n) is 3.13. The van der Waals surface area contributed by atoms with Crippen molar-refractivity contribution in [1.29, 1.82) is 0 Å². The average molecular weight is 338 g/mol. The van der Waals surface area contributed by atoms with Crippen LogP contribution in [0.5, 0.6) is 0 Å². The van der Waals surface area contributed by atoms with E-state index in [1.54, 1.807) is 0 Å². The fourth-order valence-corrected chi connectivity index (χ4v) is 3.59. The summed E-state index contributed by atoms with van der Waals surface area (Å²) in [6.07, 6.45) is 0.582. The number of rotatable bonds is 3. The van der Waals surface area contributed by atoms with Crippen molar-refractivity contribution in [3.05, 3.63) is 20.8 Å². The van der Waals surface area contributed by atoms with Gasteiger partial charge in [-0.3, -0.25) is 4.79 Å². The van der Waals surface area contributed by atoms with E-state index in [2.05, 4.69) is 21.2 Å². The number of hydrogen-bond acceptors (Lipinski definition) is 2. The first-order valence-electron chi connectivity index (χ1n) is 5.85. The van der Waals surface area contributed by atoms with Gasteiger partial charge < -0.3 is 5.32 Å². The van der Waals surface area contributed by atoms with Crippen LogP contribution in [0.25, 0.3) is 0 Å². The first-order valence-corrected chi connectivity index (χ1v) is 7.52. The molecule has 1 unspecified atom stereocenters. The summed E-state index contributed by atoms with van der Waals surface area (Å²) in [5.41, 5.74) is 0. The second kappa shape index (κ2) is 5.65. The molecule has 1 heterocycles. The van der Waals surface area contributed by atoms with Crippen molar-refractivity contribution in [3.63, 3.8) is 0 Å². The van der Waals surface area contributed by atoms with Crippen molar-refractivity contribution < 1.29 is 13.6 Å². The maximum atomic E-state index is 13.2. The maximum Gasteiger partial charge on any atom is 0.248 e. The molecule has 0 saturated heterocycles. The second-order valence-corrected chi connectivity index (χ2v) is 6.41. The highest BCUT2D eigenvalue weighted by Crippen LogP contribution is 2.36. The van der Waals surface area contributed by atoms with Crippen LogP contribution in [0.3, 0.4) is 0 Å². The Hall–Kier alpha value is -0.490. The monoisotopic (exact) mass is 337 g/mol. The predicted octanol–water partition coefficient (Wildman–Crippen LogP) is 3.95. The first kappa shape index (κ1) is 13.9. The van der Waals surface area contributed by atoms with Crippen molar-refractivity contribution in [3.8, 4) is 0 Å². The molecule has 1 aromatic heterocycles. The second-order valence-electron chi connectivity index (χ2n) is 4.56. The maximum absolute atomic E-state index is 13.2. The lowest BCUT2D eigenvalue weighted by Crippen LogP contribution is -2.37. The van der Waals surface area contributed by atoms with Crippen LogP contribution in [-0.2, 0) is 11.3 Å². The number of carbonyl (C=O) groups excluding carboxylic acids is 1. The molecule has 1 saturated carbocycles. The van der Waals surface area contributed by atoms with Crippen LogP contribution in [0.4, 0.5) is 8.78 Å². The molecule has 1 atom stereocenters. The number of nitrogens with one attached hydrogen (secondary N) is 1. The van der Waals surface area contributed by atoms with E-state index < -0.39 is 11.8 Å². The lowest BCUT2D eigenvalue weighted by Gasteiger charge is -2.27. The van der Waals surface area contributed by atoms with Crippen LogP contribution >= 0.6 is 27.3 Å². The summed E-state index contributed by atoms with van der Waals surface area (Å²) in [5, 5.41) is 4.66. The normalized spacial score (nSPS) is 22.7. The predicted molar refractivity (Wildman–Crippen MR) is 70.8 cm³/mol. The van der Waals surface area contributed by atoms with E-state index in [1.807, 2.05) is 11.4 Å². The number of amides is 1. The molecule has 0 bridgehead atoms. The lowest BCUT2D eigenvalue weighted by atomic mass is 9.86. The molecule has 0 spiro atoms. The minimum absolute atomic E-state index is 0.0900. The number of alkyl halides is 2. The van der Waals surface area contributed by atoms with E-state index >= 15 is 0 Å². The van der Waals surface area contributed by atoms with Gasteiger partial charge in [0.2, 0.25) is 11.8 Å². The van der Waals surface area contributed by atoms with E-state index in [0.717, 1.165) is 9.35 Å². The van der Waals surface area contributed by atoms with Crippen LogP contribution in [0.2, 0.25) is 0 Å². The number of hydrogen-bond donors (Lipinski definition) is 1.